The van der Waals surface area contributed by atoms with Crippen LogP contribution in [0, 0.1) is 0 Å². The van der Waals surface area contributed by atoms with E-state index in [2.05, 4.69) is 10.4 Å². The summed E-state index contributed by atoms with van der Waals surface area (Å²) in [5, 5.41) is 6.99. The van der Waals surface area contributed by atoms with E-state index in [4.69, 9.17) is 0 Å². The standard InChI is InChI=1S/C13H16N4O2/c1-16-7-4-10(9-12(16)18)13(19)14-6-3-11-5-8-17(2)15-11/h4-5,7-9H,3,6H2,1-2H3,(H,14,19). The first-order valence-electron chi connectivity index (χ1n) is 5.99. The highest BCUT2D eigenvalue weighted by Crippen LogP contribution is 1.96. The van der Waals surface area contributed by atoms with Crippen molar-refractivity contribution < 1.29 is 4.79 Å². The van der Waals surface area contributed by atoms with E-state index in [1.54, 1.807) is 24.0 Å². The molecule has 0 bridgehead atoms. The van der Waals surface area contributed by atoms with Crippen molar-refractivity contribution in [3.8, 4) is 0 Å². The minimum atomic E-state index is -0.242. The van der Waals surface area contributed by atoms with Gasteiger partial charge in [-0.2, -0.15) is 5.10 Å². The molecule has 0 aromatic carbocycles. The van der Waals surface area contributed by atoms with Crippen LogP contribution in [0.25, 0.3) is 0 Å². The van der Waals surface area contributed by atoms with E-state index in [0.29, 0.717) is 18.5 Å². The lowest BCUT2D eigenvalue weighted by atomic mass is 10.2. The Morgan fingerprint density at radius 1 is 1.32 bits per heavy atom. The van der Waals surface area contributed by atoms with E-state index in [1.165, 1.54) is 10.6 Å². The number of aromatic nitrogens is 3. The predicted molar refractivity (Wildman–Crippen MR) is 70.9 cm³/mol. The van der Waals surface area contributed by atoms with Crippen LogP contribution in [0.15, 0.2) is 35.4 Å². The van der Waals surface area contributed by atoms with Crippen molar-refractivity contribution in [2.45, 2.75) is 6.42 Å². The van der Waals surface area contributed by atoms with Crippen molar-refractivity contribution in [2.24, 2.45) is 14.1 Å². The molecular weight excluding hydrogens is 244 g/mol. The molecule has 2 heterocycles. The molecule has 1 N–H and O–H groups in total. The summed E-state index contributed by atoms with van der Waals surface area (Å²) in [7, 11) is 3.49. The van der Waals surface area contributed by atoms with Gasteiger partial charge in [0.1, 0.15) is 0 Å². The van der Waals surface area contributed by atoms with E-state index in [1.807, 2.05) is 19.3 Å². The molecule has 0 spiro atoms. The van der Waals surface area contributed by atoms with Crippen LogP contribution in [-0.2, 0) is 20.5 Å². The van der Waals surface area contributed by atoms with Gasteiger partial charge < -0.3 is 9.88 Å². The van der Waals surface area contributed by atoms with Gasteiger partial charge >= 0.3 is 0 Å². The van der Waals surface area contributed by atoms with E-state index >= 15 is 0 Å². The SMILES string of the molecule is Cn1ccc(CCNC(=O)c2ccn(C)c(=O)c2)n1. The van der Waals surface area contributed by atoms with Gasteiger partial charge in [0.05, 0.1) is 5.69 Å². The van der Waals surface area contributed by atoms with Gasteiger partial charge in [0, 0.05) is 51.1 Å². The Bertz CT molecular complexity index is 642. The lowest BCUT2D eigenvalue weighted by Gasteiger charge is -2.04. The zero-order valence-corrected chi connectivity index (χ0v) is 11.0. The van der Waals surface area contributed by atoms with Crippen molar-refractivity contribution in [1.82, 2.24) is 19.7 Å². The van der Waals surface area contributed by atoms with Gasteiger partial charge in [-0.25, -0.2) is 0 Å². The summed E-state index contributed by atoms with van der Waals surface area (Å²) < 4.78 is 3.14. The first-order valence-corrected chi connectivity index (χ1v) is 5.99. The Kier molecular flexibility index (Phi) is 3.79. The summed E-state index contributed by atoms with van der Waals surface area (Å²) in [5.41, 5.74) is 1.10. The van der Waals surface area contributed by atoms with Crippen LogP contribution in [-0.4, -0.2) is 26.8 Å². The summed E-state index contributed by atoms with van der Waals surface area (Å²) in [6, 6.07) is 4.86. The van der Waals surface area contributed by atoms with Crippen LogP contribution in [0.4, 0.5) is 0 Å². The molecule has 100 valence electrons. The zero-order valence-electron chi connectivity index (χ0n) is 11.0. The number of rotatable bonds is 4. The largest absolute Gasteiger partial charge is 0.352 e. The number of nitrogens with one attached hydrogen (secondary N) is 1. The van der Waals surface area contributed by atoms with E-state index < -0.39 is 0 Å². The molecule has 1 amide bonds. The van der Waals surface area contributed by atoms with Crippen molar-refractivity contribution in [3.05, 3.63) is 52.2 Å². The maximum atomic E-state index is 11.8. The van der Waals surface area contributed by atoms with Crippen molar-refractivity contribution in [3.63, 3.8) is 0 Å². The molecule has 0 atom stereocenters. The van der Waals surface area contributed by atoms with Crippen LogP contribution in [0.1, 0.15) is 16.1 Å². The smallest absolute Gasteiger partial charge is 0.251 e. The van der Waals surface area contributed by atoms with Crippen LogP contribution in [0.2, 0.25) is 0 Å². The molecule has 0 radical (unpaired) electrons. The minimum Gasteiger partial charge on any atom is -0.352 e. The molecule has 0 aliphatic rings. The van der Waals surface area contributed by atoms with Gasteiger partial charge in [0.15, 0.2) is 0 Å². The molecule has 19 heavy (non-hydrogen) atoms. The first kappa shape index (κ1) is 13.1. The third-order valence-corrected chi connectivity index (χ3v) is 2.80. The molecule has 2 aromatic rings. The van der Waals surface area contributed by atoms with Gasteiger partial charge in [-0.3, -0.25) is 14.3 Å². The minimum absolute atomic E-state index is 0.197. The molecule has 6 heteroatoms. The van der Waals surface area contributed by atoms with Gasteiger partial charge in [-0.15, -0.1) is 0 Å². The van der Waals surface area contributed by atoms with Crippen molar-refractivity contribution >= 4 is 5.91 Å². The van der Waals surface area contributed by atoms with Crippen LogP contribution < -0.4 is 10.9 Å². The highest BCUT2D eigenvalue weighted by molar-refractivity contribution is 5.93. The Labute approximate surface area is 110 Å². The lowest BCUT2D eigenvalue weighted by Crippen LogP contribution is -2.27. The van der Waals surface area contributed by atoms with Crippen LogP contribution in [0.3, 0.4) is 0 Å². The maximum Gasteiger partial charge on any atom is 0.251 e. The summed E-state index contributed by atoms with van der Waals surface area (Å²) in [6.07, 6.45) is 4.10. The van der Waals surface area contributed by atoms with E-state index in [-0.39, 0.29) is 11.5 Å². The van der Waals surface area contributed by atoms with Gasteiger partial charge in [-0.05, 0) is 12.1 Å². The maximum absolute atomic E-state index is 11.8. The normalized spacial score (nSPS) is 10.4. The quantitative estimate of drug-likeness (QED) is 0.847. The molecule has 2 rings (SSSR count). The molecule has 0 fully saturated rings. The molecule has 0 aliphatic carbocycles. The molecule has 2 aromatic heterocycles. The number of hydrogen-bond acceptors (Lipinski definition) is 3. The fourth-order valence-corrected chi connectivity index (χ4v) is 1.69. The Balaban J connectivity index is 1.90. The molecule has 0 unspecified atom stereocenters. The van der Waals surface area contributed by atoms with Gasteiger partial charge in [0.25, 0.3) is 11.5 Å². The van der Waals surface area contributed by atoms with E-state index in [9.17, 15) is 9.59 Å². The highest BCUT2D eigenvalue weighted by atomic mass is 16.2. The zero-order chi connectivity index (χ0) is 13.8. The summed E-state index contributed by atoms with van der Waals surface area (Å²) in [6.45, 7) is 0.491. The third-order valence-electron chi connectivity index (χ3n) is 2.80. The second-order valence-corrected chi connectivity index (χ2v) is 4.35. The fourth-order valence-electron chi connectivity index (χ4n) is 1.69. The molecular formula is C13H16N4O2. The molecule has 6 nitrogen and oxygen atoms in total. The van der Waals surface area contributed by atoms with Gasteiger partial charge in [-0.1, -0.05) is 0 Å². The first-order chi connectivity index (χ1) is 9.06. The van der Waals surface area contributed by atoms with Crippen LogP contribution in [0.5, 0.6) is 0 Å². The lowest BCUT2D eigenvalue weighted by molar-refractivity contribution is 0.0953. The average Bonchev–Trinajstić information content (AvgIpc) is 2.78. The monoisotopic (exact) mass is 260 g/mol. The van der Waals surface area contributed by atoms with Crippen molar-refractivity contribution in [2.75, 3.05) is 6.54 Å². The Morgan fingerprint density at radius 2 is 2.11 bits per heavy atom. The van der Waals surface area contributed by atoms with Crippen molar-refractivity contribution in [1.29, 1.82) is 0 Å². The number of pyridine rings is 1. The summed E-state index contributed by atoms with van der Waals surface area (Å²) >= 11 is 0. The second-order valence-electron chi connectivity index (χ2n) is 4.35. The summed E-state index contributed by atoms with van der Waals surface area (Å²) in [5.74, 6) is -0.242. The molecule has 0 saturated carbocycles. The number of aryl methyl sites for hydroxylation is 2. The average molecular weight is 260 g/mol. The highest BCUT2D eigenvalue weighted by Gasteiger charge is 2.06. The van der Waals surface area contributed by atoms with Gasteiger partial charge in [0.2, 0.25) is 0 Å². The van der Waals surface area contributed by atoms with E-state index in [0.717, 1.165) is 5.69 Å². The van der Waals surface area contributed by atoms with Crippen LogP contribution >= 0.6 is 0 Å². The molecule has 0 saturated heterocycles. The Morgan fingerprint density at radius 3 is 2.74 bits per heavy atom. The number of carbonyl (C=O) groups excluding carboxylic acids is 1. The second kappa shape index (κ2) is 5.51. The predicted octanol–water partition coefficient (Wildman–Crippen LogP) is 0.0913. The Hall–Kier alpha value is -2.37. The third kappa shape index (κ3) is 3.31. The topological polar surface area (TPSA) is 68.9 Å². The number of nitrogens with zero attached hydrogens (tertiary/aromatic N) is 3. The number of hydrogen-bond donors (Lipinski definition) is 1. The number of carbonyl (C=O) groups is 1. The number of amides is 1. The molecule has 0 aliphatic heterocycles. The summed E-state index contributed by atoms with van der Waals surface area (Å²) in [4.78, 5) is 23.2. The fraction of sp³-hybridized carbons (Fsp3) is 0.308.